The van der Waals surface area contributed by atoms with Gasteiger partial charge in [-0.2, -0.15) is 0 Å². The molecule has 0 saturated carbocycles. The maximum absolute atomic E-state index is 6.07. The monoisotopic (exact) mass is 277 g/mol. The first-order valence-electron chi connectivity index (χ1n) is 6.59. The number of imidazole rings is 1. The van der Waals surface area contributed by atoms with E-state index in [0.717, 1.165) is 18.7 Å². The van der Waals surface area contributed by atoms with Crippen LogP contribution < -0.4 is 5.73 Å². The lowest BCUT2D eigenvalue weighted by Gasteiger charge is -2.36. The summed E-state index contributed by atoms with van der Waals surface area (Å²) in [6.45, 7) is 2.21. The minimum absolute atomic E-state index is 0.0438. The quantitative estimate of drug-likeness (QED) is 0.879. The SMILES string of the molecule is COCC1CN(C)CC(n2cnc3c(N)ccnc32)O1. The molecule has 0 radical (unpaired) electrons. The van der Waals surface area contributed by atoms with Gasteiger partial charge in [-0.25, -0.2) is 9.97 Å². The lowest BCUT2D eigenvalue weighted by Crippen LogP contribution is -2.45. The van der Waals surface area contributed by atoms with E-state index in [1.54, 1.807) is 25.7 Å². The summed E-state index contributed by atoms with van der Waals surface area (Å²) < 4.78 is 13.2. The van der Waals surface area contributed by atoms with Gasteiger partial charge in [-0.05, 0) is 13.1 Å². The molecule has 0 bridgehead atoms. The van der Waals surface area contributed by atoms with Crippen molar-refractivity contribution in [1.82, 2.24) is 19.4 Å². The number of ether oxygens (including phenoxy) is 2. The molecule has 2 atom stereocenters. The number of nitrogens with two attached hydrogens (primary N) is 1. The second-order valence-electron chi connectivity index (χ2n) is 5.11. The minimum Gasteiger partial charge on any atom is -0.397 e. The maximum atomic E-state index is 6.07. The molecule has 7 heteroatoms. The molecule has 0 aliphatic carbocycles. The number of aromatic nitrogens is 3. The molecule has 1 aliphatic rings. The van der Waals surface area contributed by atoms with E-state index >= 15 is 0 Å². The highest BCUT2D eigenvalue weighted by atomic mass is 16.5. The Morgan fingerprint density at radius 1 is 1.45 bits per heavy atom. The van der Waals surface area contributed by atoms with Crippen molar-refractivity contribution in [2.45, 2.75) is 12.3 Å². The van der Waals surface area contributed by atoms with Crippen LogP contribution in [0, 0.1) is 0 Å². The third-order valence-corrected chi connectivity index (χ3v) is 3.49. The molecule has 3 heterocycles. The summed E-state index contributed by atoms with van der Waals surface area (Å²) in [6.07, 6.45) is 3.34. The first kappa shape index (κ1) is 13.3. The van der Waals surface area contributed by atoms with Crippen molar-refractivity contribution in [3.8, 4) is 0 Å². The molecule has 2 N–H and O–H groups in total. The van der Waals surface area contributed by atoms with Gasteiger partial charge >= 0.3 is 0 Å². The molecule has 2 aromatic rings. The molecule has 1 fully saturated rings. The molecule has 1 saturated heterocycles. The molecule has 108 valence electrons. The number of rotatable bonds is 3. The zero-order valence-corrected chi connectivity index (χ0v) is 11.7. The van der Waals surface area contributed by atoms with E-state index in [2.05, 4.69) is 21.9 Å². The molecule has 7 nitrogen and oxygen atoms in total. The van der Waals surface area contributed by atoms with E-state index < -0.39 is 0 Å². The minimum atomic E-state index is -0.131. The van der Waals surface area contributed by atoms with Gasteiger partial charge in [-0.15, -0.1) is 0 Å². The van der Waals surface area contributed by atoms with Gasteiger partial charge in [0.25, 0.3) is 0 Å². The topological polar surface area (TPSA) is 78.4 Å². The predicted octanol–water partition coefficient (Wildman–Crippen LogP) is 0.489. The summed E-state index contributed by atoms with van der Waals surface area (Å²) in [4.78, 5) is 10.9. The first-order valence-corrected chi connectivity index (χ1v) is 6.59. The van der Waals surface area contributed by atoms with Crippen molar-refractivity contribution < 1.29 is 9.47 Å². The molecule has 1 aliphatic heterocycles. The second-order valence-corrected chi connectivity index (χ2v) is 5.11. The Kier molecular flexibility index (Phi) is 3.56. The fourth-order valence-electron chi connectivity index (χ4n) is 2.59. The number of methoxy groups -OCH3 is 1. The molecular weight excluding hydrogens is 258 g/mol. The van der Waals surface area contributed by atoms with Crippen molar-refractivity contribution in [2.75, 3.05) is 39.6 Å². The van der Waals surface area contributed by atoms with Crippen LogP contribution in [-0.4, -0.2) is 59.4 Å². The van der Waals surface area contributed by atoms with Crippen LogP contribution in [0.5, 0.6) is 0 Å². The van der Waals surface area contributed by atoms with Crippen LogP contribution in [0.15, 0.2) is 18.6 Å². The summed E-state index contributed by atoms with van der Waals surface area (Å²) in [5.41, 5.74) is 8.01. The number of fused-ring (bicyclic) bond motifs is 1. The van der Waals surface area contributed by atoms with Crippen LogP contribution in [0.1, 0.15) is 6.23 Å². The first-order chi connectivity index (χ1) is 9.69. The highest BCUT2D eigenvalue weighted by molar-refractivity contribution is 5.83. The number of hydrogen-bond acceptors (Lipinski definition) is 6. The fourth-order valence-corrected chi connectivity index (χ4v) is 2.59. The molecule has 0 spiro atoms. The van der Waals surface area contributed by atoms with E-state index in [1.165, 1.54) is 0 Å². The van der Waals surface area contributed by atoms with Crippen molar-refractivity contribution in [3.63, 3.8) is 0 Å². The lowest BCUT2D eigenvalue weighted by molar-refractivity contribution is -0.132. The van der Waals surface area contributed by atoms with Crippen LogP contribution in [0.25, 0.3) is 11.2 Å². The summed E-state index contributed by atoms with van der Waals surface area (Å²) in [6, 6.07) is 1.75. The van der Waals surface area contributed by atoms with Gasteiger partial charge in [0, 0.05) is 26.4 Å². The Morgan fingerprint density at radius 3 is 3.10 bits per heavy atom. The summed E-state index contributed by atoms with van der Waals surface area (Å²) in [7, 11) is 3.75. The van der Waals surface area contributed by atoms with Crippen molar-refractivity contribution in [3.05, 3.63) is 18.6 Å². The van der Waals surface area contributed by atoms with Crippen LogP contribution in [0.3, 0.4) is 0 Å². The van der Waals surface area contributed by atoms with E-state index in [-0.39, 0.29) is 12.3 Å². The summed E-state index contributed by atoms with van der Waals surface area (Å²) >= 11 is 0. The van der Waals surface area contributed by atoms with Gasteiger partial charge in [0.15, 0.2) is 5.65 Å². The molecule has 3 rings (SSSR count). The molecule has 20 heavy (non-hydrogen) atoms. The Bertz CT molecular complexity index is 599. The van der Waals surface area contributed by atoms with E-state index in [4.69, 9.17) is 15.2 Å². The van der Waals surface area contributed by atoms with Crippen molar-refractivity contribution in [1.29, 1.82) is 0 Å². The third kappa shape index (κ3) is 2.35. The molecular formula is C13H19N5O2. The van der Waals surface area contributed by atoms with Gasteiger partial charge in [-0.3, -0.25) is 9.47 Å². The van der Waals surface area contributed by atoms with Crippen molar-refractivity contribution in [2.24, 2.45) is 0 Å². The smallest absolute Gasteiger partial charge is 0.164 e. The number of likely N-dealkylation sites (N-methyl/N-ethyl adjacent to an activating group) is 1. The Balaban J connectivity index is 1.92. The fraction of sp³-hybridized carbons (Fsp3) is 0.538. The molecule has 2 unspecified atom stereocenters. The number of hydrogen-bond donors (Lipinski definition) is 1. The zero-order chi connectivity index (χ0) is 14.1. The number of pyridine rings is 1. The van der Waals surface area contributed by atoms with E-state index in [1.807, 2.05) is 4.57 Å². The number of nitrogens with zero attached hydrogens (tertiary/aromatic N) is 4. The van der Waals surface area contributed by atoms with Gasteiger partial charge in [0.2, 0.25) is 0 Å². The van der Waals surface area contributed by atoms with Gasteiger partial charge in [0.05, 0.1) is 24.7 Å². The number of anilines is 1. The zero-order valence-electron chi connectivity index (χ0n) is 11.7. The molecule has 0 amide bonds. The van der Waals surface area contributed by atoms with Crippen LogP contribution in [-0.2, 0) is 9.47 Å². The standard InChI is InChI=1S/C13H19N5O2/c1-17-5-9(7-19-2)20-11(6-17)18-8-16-12-10(14)3-4-15-13(12)18/h3-4,8-9,11H,5-7H2,1-2H3,(H2,14,15). The highest BCUT2D eigenvalue weighted by Gasteiger charge is 2.28. The van der Waals surface area contributed by atoms with Crippen molar-refractivity contribution >= 4 is 16.9 Å². The van der Waals surface area contributed by atoms with Crippen LogP contribution in [0.2, 0.25) is 0 Å². The second kappa shape index (κ2) is 5.35. The van der Waals surface area contributed by atoms with Crippen LogP contribution in [0.4, 0.5) is 5.69 Å². The number of morpholine rings is 1. The largest absolute Gasteiger partial charge is 0.397 e. The van der Waals surface area contributed by atoms with Gasteiger partial charge < -0.3 is 15.2 Å². The predicted molar refractivity (Wildman–Crippen MR) is 75.2 cm³/mol. The van der Waals surface area contributed by atoms with E-state index in [9.17, 15) is 0 Å². The Hall–Kier alpha value is -1.70. The molecule has 2 aromatic heterocycles. The lowest BCUT2D eigenvalue weighted by atomic mass is 10.2. The summed E-state index contributed by atoms with van der Waals surface area (Å²) in [5.74, 6) is 0. The molecule has 0 aromatic carbocycles. The third-order valence-electron chi connectivity index (χ3n) is 3.49. The summed E-state index contributed by atoms with van der Waals surface area (Å²) in [5, 5.41) is 0. The normalized spacial score (nSPS) is 24.3. The average Bonchev–Trinajstić information content (AvgIpc) is 2.84. The van der Waals surface area contributed by atoms with Crippen LogP contribution >= 0.6 is 0 Å². The van der Waals surface area contributed by atoms with Gasteiger partial charge in [-0.1, -0.05) is 0 Å². The average molecular weight is 277 g/mol. The Morgan fingerprint density at radius 2 is 2.30 bits per heavy atom. The van der Waals surface area contributed by atoms with E-state index in [0.29, 0.717) is 17.8 Å². The maximum Gasteiger partial charge on any atom is 0.164 e. The Labute approximate surface area is 117 Å². The highest BCUT2D eigenvalue weighted by Crippen LogP contribution is 2.24. The number of nitrogen functional groups attached to an aromatic ring is 1. The van der Waals surface area contributed by atoms with Gasteiger partial charge in [0.1, 0.15) is 11.7 Å².